The van der Waals surface area contributed by atoms with Gasteiger partial charge in [-0.2, -0.15) is 0 Å². The van der Waals surface area contributed by atoms with Gasteiger partial charge in [-0.15, -0.1) is 0 Å². The molecule has 7 heteroatoms. The van der Waals surface area contributed by atoms with E-state index in [9.17, 15) is 9.18 Å². The van der Waals surface area contributed by atoms with Crippen molar-refractivity contribution >= 4 is 61.9 Å². The van der Waals surface area contributed by atoms with E-state index in [1.807, 2.05) is 0 Å². The minimum Gasteiger partial charge on any atom is -0.497 e. The molecular formula is C17H11BrFNO2S2. The zero-order valence-corrected chi connectivity index (χ0v) is 15.7. The van der Waals surface area contributed by atoms with Gasteiger partial charge >= 0.3 is 0 Å². The second-order valence-corrected chi connectivity index (χ2v) is 7.48. The van der Waals surface area contributed by atoms with Crippen LogP contribution in [0.2, 0.25) is 0 Å². The number of carbonyl (C=O) groups is 1. The van der Waals surface area contributed by atoms with Gasteiger partial charge in [-0.1, -0.05) is 52.0 Å². The molecule has 2 aromatic rings. The molecule has 1 fully saturated rings. The third-order valence-electron chi connectivity index (χ3n) is 3.35. The van der Waals surface area contributed by atoms with Crippen LogP contribution in [0.15, 0.2) is 51.8 Å². The predicted molar refractivity (Wildman–Crippen MR) is 103 cm³/mol. The summed E-state index contributed by atoms with van der Waals surface area (Å²) in [7, 11) is 1.56. The van der Waals surface area contributed by atoms with Gasteiger partial charge in [0.15, 0.2) is 4.32 Å². The minimum atomic E-state index is -0.406. The minimum absolute atomic E-state index is 0.277. The molecular weight excluding hydrogens is 413 g/mol. The first-order valence-electron chi connectivity index (χ1n) is 6.86. The highest BCUT2D eigenvalue weighted by Gasteiger charge is 2.33. The van der Waals surface area contributed by atoms with Crippen molar-refractivity contribution in [2.24, 2.45) is 0 Å². The second-order valence-electron chi connectivity index (χ2n) is 4.88. The standard InChI is InChI=1S/C17H11BrFNO2S2/c1-22-13-4-2-3-12(9-13)20-16(21)15(24-17(20)23)7-10-5-6-11(18)8-14(10)19/h2-9H,1H3/b15-7+. The van der Waals surface area contributed by atoms with Crippen molar-refractivity contribution in [1.29, 1.82) is 0 Å². The normalized spacial score (nSPS) is 16.1. The maximum atomic E-state index is 14.0. The number of nitrogens with zero attached hydrogens (tertiary/aromatic N) is 1. The fourth-order valence-corrected chi connectivity index (χ4v) is 3.82. The van der Waals surface area contributed by atoms with Crippen LogP contribution in [-0.4, -0.2) is 17.3 Å². The van der Waals surface area contributed by atoms with Crippen LogP contribution < -0.4 is 9.64 Å². The molecule has 3 nitrogen and oxygen atoms in total. The second kappa shape index (κ2) is 7.04. The number of benzene rings is 2. The van der Waals surface area contributed by atoms with Crippen molar-refractivity contribution in [3.8, 4) is 5.75 Å². The van der Waals surface area contributed by atoms with E-state index in [1.54, 1.807) is 43.5 Å². The molecule has 0 aliphatic carbocycles. The average Bonchev–Trinajstić information content (AvgIpc) is 2.84. The Bertz CT molecular complexity index is 869. The smallest absolute Gasteiger partial charge is 0.270 e. The van der Waals surface area contributed by atoms with E-state index < -0.39 is 5.82 Å². The molecule has 24 heavy (non-hydrogen) atoms. The monoisotopic (exact) mass is 423 g/mol. The van der Waals surface area contributed by atoms with Gasteiger partial charge in [0.2, 0.25) is 0 Å². The van der Waals surface area contributed by atoms with Crippen molar-refractivity contribution in [3.63, 3.8) is 0 Å². The Hall–Kier alpha value is -1.70. The van der Waals surface area contributed by atoms with E-state index >= 15 is 0 Å². The van der Waals surface area contributed by atoms with Crippen LogP contribution in [-0.2, 0) is 4.79 Å². The van der Waals surface area contributed by atoms with E-state index in [0.29, 0.717) is 30.7 Å². The lowest BCUT2D eigenvalue weighted by atomic mass is 10.2. The highest BCUT2D eigenvalue weighted by atomic mass is 79.9. The molecule has 1 amide bonds. The van der Waals surface area contributed by atoms with Crippen LogP contribution in [0.3, 0.4) is 0 Å². The molecule has 1 aliphatic heterocycles. The van der Waals surface area contributed by atoms with Gasteiger partial charge in [0.1, 0.15) is 11.6 Å². The van der Waals surface area contributed by atoms with Crippen LogP contribution >= 0.6 is 39.9 Å². The average molecular weight is 424 g/mol. The summed E-state index contributed by atoms with van der Waals surface area (Å²) in [4.78, 5) is 14.5. The number of methoxy groups -OCH3 is 1. The molecule has 0 saturated carbocycles. The van der Waals surface area contributed by atoms with E-state index in [1.165, 1.54) is 17.0 Å². The highest BCUT2D eigenvalue weighted by Crippen LogP contribution is 2.37. The summed E-state index contributed by atoms with van der Waals surface area (Å²) in [6, 6.07) is 11.8. The maximum absolute atomic E-state index is 14.0. The van der Waals surface area contributed by atoms with Gasteiger partial charge in [-0.05, 0) is 30.3 Å². The molecule has 0 N–H and O–H groups in total. The van der Waals surface area contributed by atoms with Gasteiger partial charge in [0.05, 0.1) is 17.7 Å². The summed E-state index contributed by atoms with van der Waals surface area (Å²) < 4.78 is 20.2. The number of thioether (sulfide) groups is 1. The van der Waals surface area contributed by atoms with Crippen molar-refractivity contribution < 1.29 is 13.9 Å². The molecule has 0 spiro atoms. The summed E-state index contributed by atoms with van der Waals surface area (Å²) >= 11 is 9.67. The quantitative estimate of drug-likeness (QED) is 0.512. The van der Waals surface area contributed by atoms with Crippen LogP contribution in [0, 0.1) is 5.82 Å². The number of hydrogen-bond donors (Lipinski definition) is 0. The number of hydrogen-bond acceptors (Lipinski definition) is 4. The first-order chi connectivity index (χ1) is 11.5. The molecule has 0 unspecified atom stereocenters. The molecule has 3 rings (SSSR count). The maximum Gasteiger partial charge on any atom is 0.270 e. The van der Waals surface area contributed by atoms with E-state index in [-0.39, 0.29) is 5.91 Å². The Balaban J connectivity index is 1.95. The molecule has 122 valence electrons. The Labute approximate surface area is 156 Å². The van der Waals surface area contributed by atoms with Gasteiger partial charge in [0.25, 0.3) is 5.91 Å². The molecule has 0 radical (unpaired) electrons. The van der Waals surface area contributed by atoms with Crippen molar-refractivity contribution in [3.05, 3.63) is 63.2 Å². The first-order valence-corrected chi connectivity index (χ1v) is 8.88. The van der Waals surface area contributed by atoms with Crippen molar-refractivity contribution in [1.82, 2.24) is 0 Å². The molecule has 2 aromatic carbocycles. The zero-order valence-electron chi connectivity index (χ0n) is 12.5. The lowest BCUT2D eigenvalue weighted by Crippen LogP contribution is -2.27. The first kappa shape index (κ1) is 17.1. The molecule has 0 bridgehead atoms. The third-order valence-corrected chi connectivity index (χ3v) is 5.15. The summed E-state index contributed by atoms with van der Waals surface area (Å²) in [6.45, 7) is 0. The summed E-state index contributed by atoms with van der Waals surface area (Å²) in [5.41, 5.74) is 0.959. The number of anilines is 1. The van der Waals surface area contributed by atoms with Gasteiger partial charge in [0, 0.05) is 16.1 Å². The van der Waals surface area contributed by atoms with Crippen LogP contribution in [0.5, 0.6) is 5.75 Å². The molecule has 1 heterocycles. The lowest BCUT2D eigenvalue weighted by molar-refractivity contribution is -0.113. The number of halogens is 2. The fourth-order valence-electron chi connectivity index (χ4n) is 2.20. The number of carbonyl (C=O) groups excluding carboxylic acids is 1. The van der Waals surface area contributed by atoms with Crippen LogP contribution in [0.1, 0.15) is 5.56 Å². The molecule has 0 atom stereocenters. The van der Waals surface area contributed by atoms with Crippen LogP contribution in [0.4, 0.5) is 10.1 Å². The Morgan fingerprint density at radius 3 is 2.79 bits per heavy atom. The fraction of sp³-hybridized carbons (Fsp3) is 0.0588. The number of thiocarbonyl (C=S) groups is 1. The van der Waals surface area contributed by atoms with E-state index in [4.69, 9.17) is 17.0 Å². The van der Waals surface area contributed by atoms with E-state index in [0.717, 1.165) is 11.8 Å². The summed E-state index contributed by atoms with van der Waals surface area (Å²) in [5.74, 6) is -0.0546. The Kier molecular flexibility index (Phi) is 5.03. The highest BCUT2D eigenvalue weighted by molar-refractivity contribution is 9.10. The number of rotatable bonds is 3. The Morgan fingerprint density at radius 1 is 1.29 bits per heavy atom. The molecule has 1 aliphatic rings. The van der Waals surface area contributed by atoms with Gasteiger partial charge in [-0.25, -0.2) is 4.39 Å². The van der Waals surface area contributed by atoms with Crippen molar-refractivity contribution in [2.75, 3.05) is 12.0 Å². The number of ether oxygens (including phenoxy) is 1. The lowest BCUT2D eigenvalue weighted by Gasteiger charge is -2.15. The summed E-state index contributed by atoms with van der Waals surface area (Å²) in [6.07, 6.45) is 1.52. The largest absolute Gasteiger partial charge is 0.497 e. The third kappa shape index (κ3) is 3.38. The van der Waals surface area contributed by atoms with Gasteiger partial charge < -0.3 is 4.74 Å². The SMILES string of the molecule is COc1cccc(N2C(=O)/C(=C\c3ccc(Br)cc3F)SC2=S)c1. The predicted octanol–water partition coefficient (Wildman–Crippen LogP) is 5.00. The van der Waals surface area contributed by atoms with Crippen molar-refractivity contribution in [2.45, 2.75) is 0 Å². The zero-order chi connectivity index (χ0) is 17.3. The Morgan fingerprint density at radius 2 is 2.08 bits per heavy atom. The van der Waals surface area contributed by atoms with Gasteiger partial charge in [-0.3, -0.25) is 9.69 Å². The van der Waals surface area contributed by atoms with Crippen LogP contribution in [0.25, 0.3) is 6.08 Å². The molecule has 1 saturated heterocycles. The summed E-state index contributed by atoms with van der Waals surface area (Å²) in [5, 5.41) is 0. The number of amides is 1. The molecule has 0 aromatic heterocycles. The topological polar surface area (TPSA) is 29.5 Å². The van der Waals surface area contributed by atoms with E-state index in [2.05, 4.69) is 15.9 Å².